The second kappa shape index (κ2) is 10.3. The first-order valence-electron chi connectivity index (χ1n) is 11.5. The number of β-amino-alcohol motifs (C(OH)–C–C–N with tert-alkyl or cyclic N) is 1. The number of hydroxylamine groups is 1. The smallest absolute Gasteiger partial charge is 0.275 e. The molecule has 9 heteroatoms. The Bertz CT molecular complexity index is 1200. The molecule has 0 spiro atoms. The zero-order valence-corrected chi connectivity index (χ0v) is 19.8. The predicted molar refractivity (Wildman–Crippen MR) is 126 cm³/mol. The Kier molecular flexibility index (Phi) is 7.16. The Labute approximate surface area is 202 Å². The lowest BCUT2D eigenvalue weighted by Crippen LogP contribution is -2.48. The molecule has 0 aliphatic carbocycles. The lowest BCUT2D eigenvalue weighted by atomic mass is 9.91. The second-order valence-corrected chi connectivity index (χ2v) is 9.06. The number of nitrogens with zero attached hydrogens (tertiary/aromatic N) is 2. The third kappa shape index (κ3) is 5.35. The maximum Gasteiger partial charge on any atom is 0.275 e. The average Bonchev–Trinajstić information content (AvgIpc) is 3.43. The molecule has 1 saturated heterocycles. The Morgan fingerprint density at radius 2 is 1.94 bits per heavy atom. The van der Waals surface area contributed by atoms with Crippen LogP contribution in [-0.4, -0.2) is 45.7 Å². The summed E-state index contributed by atoms with van der Waals surface area (Å²) >= 11 is 0. The summed E-state index contributed by atoms with van der Waals surface area (Å²) in [5, 5.41) is 14.1. The van der Waals surface area contributed by atoms with Crippen LogP contribution in [0.1, 0.15) is 37.6 Å². The molecule has 2 amide bonds. The van der Waals surface area contributed by atoms with Gasteiger partial charge in [0, 0.05) is 30.7 Å². The molecule has 184 valence electrons. The van der Waals surface area contributed by atoms with Gasteiger partial charge in [-0.05, 0) is 30.5 Å². The number of halogens is 1. The Morgan fingerprint density at radius 1 is 1.20 bits per heavy atom. The van der Waals surface area contributed by atoms with E-state index in [0.717, 1.165) is 5.56 Å². The summed E-state index contributed by atoms with van der Waals surface area (Å²) in [5.41, 5.74) is 4.07. The van der Waals surface area contributed by atoms with Crippen LogP contribution in [0.2, 0.25) is 0 Å². The highest BCUT2D eigenvalue weighted by Gasteiger charge is 2.43. The third-order valence-electron chi connectivity index (χ3n) is 6.04. The van der Waals surface area contributed by atoms with Crippen LogP contribution in [0.25, 0.3) is 11.1 Å². The molecule has 1 fully saturated rings. The quantitative estimate of drug-likeness (QED) is 0.500. The van der Waals surface area contributed by atoms with E-state index < -0.39 is 29.8 Å². The number of carbonyl (C=O) groups is 2. The summed E-state index contributed by atoms with van der Waals surface area (Å²) < 4.78 is 19.9. The fourth-order valence-electron chi connectivity index (χ4n) is 4.34. The number of nitrogens with one attached hydrogen (secondary N) is 1. The van der Waals surface area contributed by atoms with Gasteiger partial charge in [0.2, 0.25) is 5.91 Å². The zero-order chi connectivity index (χ0) is 25.1. The van der Waals surface area contributed by atoms with Crippen LogP contribution in [0, 0.1) is 18.7 Å². The summed E-state index contributed by atoms with van der Waals surface area (Å²) in [6.07, 6.45) is -0.802. The van der Waals surface area contributed by atoms with Gasteiger partial charge in [-0.1, -0.05) is 49.3 Å². The molecule has 2 heterocycles. The van der Waals surface area contributed by atoms with E-state index in [0.29, 0.717) is 17.0 Å². The van der Waals surface area contributed by atoms with Crippen molar-refractivity contribution in [3.63, 3.8) is 0 Å². The number of rotatable bonds is 7. The van der Waals surface area contributed by atoms with Crippen LogP contribution in [-0.2, 0) is 9.59 Å². The Hall–Kier alpha value is -3.72. The highest BCUT2D eigenvalue weighted by atomic mass is 19.1. The normalized spacial score (nSPS) is 18.5. The molecule has 35 heavy (non-hydrogen) atoms. The molecule has 8 nitrogen and oxygen atoms in total. The zero-order valence-electron chi connectivity index (χ0n) is 19.8. The van der Waals surface area contributed by atoms with Gasteiger partial charge in [-0.2, -0.15) is 5.48 Å². The van der Waals surface area contributed by atoms with Crippen molar-refractivity contribution in [1.29, 1.82) is 0 Å². The molecular formula is C26H28FN3O5. The summed E-state index contributed by atoms with van der Waals surface area (Å²) in [6.45, 7) is 5.52. The molecule has 1 aromatic heterocycles. The molecule has 4 rings (SSSR count). The van der Waals surface area contributed by atoms with Crippen LogP contribution in [0.3, 0.4) is 0 Å². The monoisotopic (exact) mass is 481 g/mol. The highest BCUT2D eigenvalue weighted by Crippen LogP contribution is 2.31. The number of hydrogen-bond donors (Lipinski definition) is 2. The van der Waals surface area contributed by atoms with Crippen molar-refractivity contribution in [2.75, 3.05) is 6.54 Å². The predicted octanol–water partition coefficient (Wildman–Crippen LogP) is 3.60. The number of hydrogen-bond acceptors (Lipinski definition) is 6. The number of aliphatic hydroxyl groups excluding tert-OH is 1. The molecule has 0 radical (unpaired) electrons. The largest absolute Gasteiger partial charge is 0.391 e. The molecule has 2 N–H and O–H groups in total. The van der Waals surface area contributed by atoms with Crippen molar-refractivity contribution < 1.29 is 28.4 Å². The third-order valence-corrected chi connectivity index (χ3v) is 6.04. The van der Waals surface area contributed by atoms with Crippen molar-refractivity contribution in [1.82, 2.24) is 15.5 Å². The summed E-state index contributed by atoms with van der Waals surface area (Å²) in [6, 6.07) is 14.1. The SMILES string of the molecule is Cc1cc([C@H](C(=O)N2C[C@H](O)C[C@H]2C(=O)NOc2ccc(-c3ccccc3)c(F)c2)C(C)C)on1. The molecule has 0 unspecified atom stereocenters. The van der Waals surface area contributed by atoms with Crippen molar-refractivity contribution in [2.45, 2.75) is 45.3 Å². The topological polar surface area (TPSA) is 105 Å². The molecule has 3 aromatic rings. The fourth-order valence-corrected chi connectivity index (χ4v) is 4.34. The van der Waals surface area contributed by atoms with E-state index in [-0.39, 0.29) is 30.5 Å². The number of carbonyl (C=O) groups excluding carboxylic acids is 2. The van der Waals surface area contributed by atoms with E-state index in [1.54, 1.807) is 37.3 Å². The lowest BCUT2D eigenvalue weighted by molar-refractivity contribution is -0.143. The van der Waals surface area contributed by atoms with Gasteiger partial charge in [0.25, 0.3) is 5.91 Å². The molecular weight excluding hydrogens is 453 g/mol. The van der Waals surface area contributed by atoms with Crippen LogP contribution in [0.4, 0.5) is 4.39 Å². The Morgan fingerprint density at radius 3 is 2.57 bits per heavy atom. The maximum absolute atomic E-state index is 14.6. The van der Waals surface area contributed by atoms with Crippen LogP contribution in [0.5, 0.6) is 5.75 Å². The Balaban J connectivity index is 1.45. The highest BCUT2D eigenvalue weighted by molar-refractivity contribution is 5.91. The van der Waals surface area contributed by atoms with Crippen molar-refractivity contribution >= 4 is 11.8 Å². The minimum absolute atomic E-state index is 0.00760. The number of benzene rings is 2. The summed E-state index contributed by atoms with van der Waals surface area (Å²) in [4.78, 5) is 33.0. The number of amides is 2. The van der Waals surface area contributed by atoms with Gasteiger partial charge >= 0.3 is 0 Å². The molecule has 1 aliphatic heterocycles. The van der Waals surface area contributed by atoms with E-state index in [4.69, 9.17) is 9.36 Å². The molecule has 2 aromatic carbocycles. The number of aliphatic hydroxyl groups is 1. The van der Waals surface area contributed by atoms with Gasteiger partial charge in [-0.3, -0.25) is 9.59 Å². The number of aromatic nitrogens is 1. The van der Waals surface area contributed by atoms with Gasteiger partial charge in [0.15, 0.2) is 5.75 Å². The minimum atomic E-state index is -0.948. The number of likely N-dealkylation sites (tertiary alicyclic amines) is 1. The molecule has 0 bridgehead atoms. The van der Waals surface area contributed by atoms with Crippen LogP contribution >= 0.6 is 0 Å². The van der Waals surface area contributed by atoms with E-state index in [1.807, 2.05) is 32.0 Å². The molecule has 1 aliphatic rings. The first kappa shape index (κ1) is 24.4. The molecule has 0 saturated carbocycles. The van der Waals surface area contributed by atoms with Crippen LogP contribution < -0.4 is 10.3 Å². The number of aryl methyl sites for hydroxylation is 1. The minimum Gasteiger partial charge on any atom is -0.391 e. The second-order valence-electron chi connectivity index (χ2n) is 9.06. The standard InChI is InChI=1S/C26H28FN3O5/c1-15(2)24(23-11-16(3)28-35-23)26(33)30-14-18(31)12-22(30)25(32)29-34-19-9-10-20(21(27)13-19)17-7-5-4-6-8-17/h4-11,13,15,18,22,24,31H,12,14H2,1-3H3,(H,29,32)/t18-,22+,24-/m1/s1. The van der Waals surface area contributed by atoms with Crippen molar-refractivity contribution in [3.8, 4) is 16.9 Å². The first-order valence-corrected chi connectivity index (χ1v) is 11.5. The van der Waals surface area contributed by atoms with Gasteiger partial charge in [0.05, 0.1) is 11.8 Å². The van der Waals surface area contributed by atoms with Gasteiger partial charge < -0.3 is 19.4 Å². The lowest BCUT2D eigenvalue weighted by Gasteiger charge is -2.28. The van der Waals surface area contributed by atoms with E-state index >= 15 is 0 Å². The van der Waals surface area contributed by atoms with Gasteiger partial charge in [-0.25, -0.2) is 4.39 Å². The summed E-state index contributed by atoms with van der Waals surface area (Å²) in [5.74, 6) is -1.73. The van der Waals surface area contributed by atoms with E-state index in [9.17, 15) is 19.1 Å². The van der Waals surface area contributed by atoms with E-state index in [1.165, 1.54) is 11.0 Å². The molecule has 3 atom stereocenters. The van der Waals surface area contributed by atoms with Crippen molar-refractivity contribution in [2.24, 2.45) is 5.92 Å². The fraction of sp³-hybridized carbons (Fsp3) is 0.346. The first-order chi connectivity index (χ1) is 16.7. The van der Waals surface area contributed by atoms with Gasteiger partial charge in [-0.15, -0.1) is 0 Å². The van der Waals surface area contributed by atoms with Gasteiger partial charge in [0.1, 0.15) is 23.5 Å². The van der Waals surface area contributed by atoms with Crippen LogP contribution in [0.15, 0.2) is 59.1 Å². The van der Waals surface area contributed by atoms with Crippen molar-refractivity contribution in [3.05, 3.63) is 71.9 Å². The van der Waals surface area contributed by atoms with E-state index in [2.05, 4.69) is 10.6 Å². The summed E-state index contributed by atoms with van der Waals surface area (Å²) in [7, 11) is 0. The maximum atomic E-state index is 14.6. The average molecular weight is 482 g/mol.